The first-order chi connectivity index (χ1) is 15.5. The summed E-state index contributed by atoms with van der Waals surface area (Å²) >= 11 is 0. The summed E-state index contributed by atoms with van der Waals surface area (Å²) < 4.78 is 10.9. The van der Waals surface area contributed by atoms with Gasteiger partial charge in [-0.3, -0.25) is 4.79 Å². The van der Waals surface area contributed by atoms with Crippen molar-refractivity contribution in [2.45, 2.75) is 51.9 Å². The van der Waals surface area contributed by atoms with Crippen molar-refractivity contribution in [3.05, 3.63) is 71.8 Å². The Morgan fingerprint density at radius 1 is 1.09 bits per heavy atom. The van der Waals surface area contributed by atoms with E-state index in [1.165, 1.54) is 4.90 Å². The number of carbonyl (C=O) groups is 2. The molecule has 4 atom stereocenters. The van der Waals surface area contributed by atoms with E-state index in [-0.39, 0.29) is 24.5 Å². The lowest BCUT2D eigenvalue weighted by Crippen LogP contribution is -2.46. The summed E-state index contributed by atoms with van der Waals surface area (Å²) in [5.74, 6) is -1.17. The molecule has 2 amide bonds. The van der Waals surface area contributed by atoms with Crippen LogP contribution >= 0.6 is 0 Å². The van der Waals surface area contributed by atoms with Gasteiger partial charge in [-0.2, -0.15) is 0 Å². The van der Waals surface area contributed by atoms with Gasteiger partial charge in [0.25, 0.3) is 0 Å². The van der Waals surface area contributed by atoms with Crippen molar-refractivity contribution in [3.63, 3.8) is 0 Å². The predicted molar refractivity (Wildman–Crippen MR) is 122 cm³/mol. The Morgan fingerprint density at radius 3 is 2.38 bits per heavy atom. The first-order valence-electron chi connectivity index (χ1n) is 11.3. The minimum absolute atomic E-state index is 0.0968. The Kier molecular flexibility index (Phi) is 8.82. The first kappa shape index (κ1) is 24.0. The molecule has 0 spiro atoms. The summed E-state index contributed by atoms with van der Waals surface area (Å²) in [6.07, 6.45) is 0.578. The van der Waals surface area contributed by atoms with Crippen molar-refractivity contribution in [2.24, 2.45) is 11.8 Å². The number of cyclic esters (lactones) is 1. The fourth-order valence-electron chi connectivity index (χ4n) is 4.07. The van der Waals surface area contributed by atoms with Gasteiger partial charge in [0.2, 0.25) is 5.91 Å². The van der Waals surface area contributed by atoms with Crippen LogP contribution in [0.4, 0.5) is 4.79 Å². The van der Waals surface area contributed by atoms with Gasteiger partial charge in [-0.15, -0.1) is 0 Å². The average molecular weight is 440 g/mol. The van der Waals surface area contributed by atoms with E-state index >= 15 is 0 Å². The number of ether oxygens (including phenoxy) is 2. The Hall–Kier alpha value is -2.70. The zero-order chi connectivity index (χ0) is 22.9. The van der Waals surface area contributed by atoms with Crippen molar-refractivity contribution < 1.29 is 24.2 Å². The summed E-state index contributed by atoms with van der Waals surface area (Å²) in [5.41, 5.74) is 2.16. The van der Waals surface area contributed by atoms with E-state index in [1.807, 2.05) is 67.6 Å². The van der Waals surface area contributed by atoms with Crippen LogP contribution in [0.15, 0.2) is 60.7 Å². The van der Waals surface area contributed by atoms with E-state index in [9.17, 15) is 14.7 Å². The lowest BCUT2D eigenvalue weighted by Gasteiger charge is -2.28. The third kappa shape index (κ3) is 6.40. The summed E-state index contributed by atoms with van der Waals surface area (Å²) in [6.45, 7) is 4.94. The van der Waals surface area contributed by atoms with Crippen molar-refractivity contribution in [2.75, 3.05) is 13.2 Å². The van der Waals surface area contributed by atoms with Gasteiger partial charge in [0, 0.05) is 6.61 Å². The molecule has 3 rings (SSSR count). The van der Waals surface area contributed by atoms with Gasteiger partial charge in [-0.25, -0.2) is 9.69 Å². The molecule has 6 nitrogen and oxygen atoms in total. The molecule has 1 N–H and O–H groups in total. The normalized spacial score (nSPS) is 18.8. The molecule has 1 aliphatic heterocycles. The molecule has 2 aromatic carbocycles. The lowest BCUT2D eigenvalue weighted by atomic mass is 9.89. The number of amides is 2. The van der Waals surface area contributed by atoms with Gasteiger partial charge in [-0.1, -0.05) is 74.5 Å². The third-order valence-electron chi connectivity index (χ3n) is 6.06. The second-order valence-corrected chi connectivity index (χ2v) is 8.57. The van der Waals surface area contributed by atoms with Crippen LogP contribution in [0.5, 0.6) is 0 Å². The van der Waals surface area contributed by atoms with E-state index in [1.54, 1.807) is 6.92 Å². The van der Waals surface area contributed by atoms with Crippen molar-refractivity contribution in [1.82, 2.24) is 4.90 Å². The molecule has 1 heterocycles. The highest BCUT2D eigenvalue weighted by molar-refractivity contribution is 5.95. The van der Waals surface area contributed by atoms with Gasteiger partial charge in [-0.05, 0) is 36.3 Å². The fraction of sp³-hybridized carbons (Fsp3) is 0.462. The van der Waals surface area contributed by atoms with Gasteiger partial charge in [0.05, 0.1) is 24.7 Å². The Morgan fingerprint density at radius 2 is 1.72 bits per heavy atom. The van der Waals surface area contributed by atoms with Crippen molar-refractivity contribution in [3.8, 4) is 0 Å². The largest absolute Gasteiger partial charge is 0.447 e. The average Bonchev–Trinajstić information content (AvgIpc) is 3.18. The molecule has 0 saturated carbocycles. The number of rotatable bonds is 11. The molecule has 32 heavy (non-hydrogen) atoms. The maximum atomic E-state index is 13.1. The van der Waals surface area contributed by atoms with E-state index in [0.29, 0.717) is 19.6 Å². The minimum Gasteiger partial charge on any atom is -0.447 e. The maximum Gasteiger partial charge on any atom is 0.416 e. The molecule has 6 heteroatoms. The SMILES string of the molecule is C[C@@H](CCCOCc1ccccc1)[C@H](O)[C@@H](C)C(=O)N1C(=O)OC[C@H]1Cc1ccccc1. The van der Waals surface area contributed by atoms with Crippen LogP contribution in [0, 0.1) is 11.8 Å². The van der Waals surface area contributed by atoms with E-state index in [4.69, 9.17) is 9.47 Å². The number of aliphatic hydroxyl groups is 1. The highest BCUT2D eigenvalue weighted by Gasteiger charge is 2.41. The van der Waals surface area contributed by atoms with Gasteiger partial charge >= 0.3 is 6.09 Å². The smallest absolute Gasteiger partial charge is 0.416 e. The van der Waals surface area contributed by atoms with Gasteiger partial charge < -0.3 is 14.6 Å². The lowest BCUT2D eigenvalue weighted by molar-refractivity contribution is -0.137. The molecule has 2 aromatic rings. The van der Waals surface area contributed by atoms with E-state index in [2.05, 4.69) is 0 Å². The fourth-order valence-corrected chi connectivity index (χ4v) is 4.07. The minimum atomic E-state index is -0.845. The molecular formula is C26H33NO5. The summed E-state index contributed by atoms with van der Waals surface area (Å²) in [4.78, 5) is 26.5. The molecule has 0 bridgehead atoms. The van der Waals surface area contributed by atoms with Crippen LogP contribution in [-0.4, -0.2) is 47.4 Å². The number of benzene rings is 2. The molecule has 1 fully saturated rings. The molecule has 0 unspecified atom stereocenters. The van der Waals surface area contributed by atoms with E-state index in [0.717, 1.165) is 24.0 Å². The molecule has 1 saturated heterocycles. The van der Waals surface area contributed by atoms with Gasteiger partial charge in [0.1, 0.15) is 6.61 Å². The summed E-state index contributed by atoms with van der Waals surface area (Å²) in [7, 11) is 0. The van der Waals surface area contributed by atoms with Gasteiger partial charge in [0.15, 0.2) is 0 Å². The number of hydrogen-bond acceptors (Lipinski definition) is 5. The Balaban J connectivity index is 1.47. The summed E-state index contributed by atoms with van der Waals surface area (Å²) in [6, 6.07) is 19.3. The topological polar surface area (TPSA) is 76.1 Å². The third-order valence-corrected chi connectivity index (χ3v) is 6.06. The highest BCUT2D eigenvalue weighted by atomic mass is 16.6. The molecule has 1 aliphatic rings. The Labute approximate surface area is 190 Å². The Bertz CT molecular complexity index is 857. The zero-order valence-corrected chi connectivity index (χ0v) is 18.9. The van der Waals surface area contributed by atoms with Crippen LogP contribution in [0.1, 0.15) is 37.8 Å². The number of aliphatic hydroxyl groups excluding tert-OH is 1. The number of hydrogen-bond donors (Lipinski definition) is 1. The van der Waals surface area contributed by atoms with Crippen LogP contribution in [0.3, 0.4) is 0 Å². The predicted octanol–water partition coefficient (Wildman–Crippen LogP) is 4.21. The number of imide groups is 1. The first-order valence-corrected chi connectivity index (χ1v) is 11.3. The maximum absolute atomic E-state index is 13.1. The van der Waals surface area contributed by atoms with Crippen LogP contribution in [0.2, 0.25) is 0 Å². The van der Waals surface area contributed by atoms with Crippen LogP contribution < -0.4 is 0 Å². The zero-order valence-electron chi connectivity index (χ0n) is 18.9. The number of nitrogens with zero attached hydrogens (tertiary/aromatic N) is 1. The van der Waals surface area contributed by atoms with E-state index < -0.39 is 18.1 Å². The standard InChI is InChI=1S/C26H33NO5/c1-19(10-9-15-31-17-22-13-7-4-8-14-22)24(28)20(2)25(29)27-23(18-32-26(27)30)16-21-11-5-3-6-12-21/h3-8,11-14,19-20,23-24,28H,9-10,15-18H2,1-2H3/t19-,20+,23+,24-/m0/s1. The summed E-state index contributed by atoms with van der Waals surface area (Å²) in [5, 5.41) is 10.8. The monoisotopic (exact) mass is 439 g/mol. The quantitative estimate of drug-likeness (QED) is 0.531. The van der Waals surface area contributed by atoms with Crippen LogP contribution in [0.25, 0.3) is 0 Å². The molecule has 0 aromatic heterocycles. The molecule has 172 valence electrons. The molecule has 0 aliphatic carbocycles. The van der Waals surface area contributed by atoms with Crippen molar-refractivity contribution in [1.29, 1.82) is 0 Å². The molecular weight excluding hydrogens is 406 g/mol. The van der Waals surface area contributed by atoms with Crippen LogP contribution in [-0.2, 0) is 27.3 Å². The second kappa shape index (κ2) is 11.8. The second-order valence-electron chi connectivity index (χ2n) is 8.57. The number of carbonyl (C=O) groups excluding carboxylic acids is 2. The molecule has 0 radical (unpaired) electrons. The highest BCUT2D eigenvalue weighted by Crippen LogP contribution is 2.25. The van der Waals surface area contributed by atoms with Crippen molar-refractivity contribution >= 4 is 12.0 Å².